The molecule has 0 N–H and O–H groups in total. The van der Waals surface area contributed by atoms with Crippen LogP contribution >= 0.6 is 0 Å². The Morgan fingerprint density at radius 1 is 1.43 bits per heavy atom. The van der Waals surface area contributed by atoms with Gasteiger partial charge in [0.1, 0.15) is 5.65 Å². The maximum Gasteiger partial charge on any atom is 0.181 e. The van der Waals surface area contributed by atoms with Crippen LogP contribution in [0.25, 0.3) is 5.65 Å². The summed E-state index contributed by atoms with van der Waals surface area (Å²) in [5.74, 6) is 0.822. The Kier molecular flexibility index (Phi) is 2.26. The van der Waals surface area contributed by atoms with Crippen LogP contribution in [0.5, 0.6) is 0 Å². The van der Waals surface area contributed by atoms with E-state index in [1.165, 1.54) is 0 Å². The topological polar surface area (TPSA) is 42.0 Å². The molecular formula is C10H12N4. The maximum atomic E-state index is 4.38. The van der Waals surface area contributed by atoms with Crippen LogP contribution in [0.1, 0.15) is 12.6 Å². The summed E-state index contributed by atoms with van der Waals surface area (Å²) in [6.07, 6.45) is 1.94. The summed E-state index contributed by atoms with van der Waals surface area (Å²) < 4.78 is 1.94. The largest absolute Gasteiger partial charge is 0.283 e. The van der Waals surface area contributed by atoms with Gasteiger partial charge in [0, 0.05) is 6.20 Å². The molecule has 2 rings (SSSR count). The zero-order valence-corrected chi connectivity index (χ0v) is 8.31. The number of fused-ring (bicyclic) bond motifs is 1. The van der Waals surface area contributed by atoms with Crippen molar-refractivity contribution in [2.45, 2.75) is 13.8 Å². The van der Waals surface area contributed by atoms with E-state index in [0.29, 0.717) is 6.54 Å². The fraction of sp³-hybridized carbons (Fsp3) is 0.300. The summed E-state index contributed by atoms with van der Waals surface area (Å²) in [7, 11) is 0. The molecule has 0 atom stereocenters. The summed E-state index contributed by atoms with van der Waals surface area (Å²) in [5, 5.41) is 8.13. The van der Waals surface area contributed by atoms with Gasteiger partial charge < -0.3 is 0 Å². The minimum Gasteiger partial charge on any atom is -0.283 e. The van der Waals surface area contributed by atoms with Crippen molar-refractivity contribution in [1.82, 2.24) is 9.38 Å². The van der Waals surface area contributed by atoms with E-state index in [1.54, 1.807) is 0 Å². The molecule has 4 nitrogen and oxygen atoms in total. The Hall–Kier alpha value is -1.71. The van der Waals surface area contributed by atoms with Crippen LogP contribution in [0, 0.1) is 6.92 Å². The van der Waals surface area contributed by atoms with Crippen molar-refractivity contribution in [2.24, 2.45) is 10.2 Å². The lowest BCUT2D eigenvalue weighted by atomic mass is 10.5. The van der Waals surface area contributed by atoms with E-state index >= 15 is 0 Å². The van der Waals surface area contributed by atoms with Gasteiger partial charge in [0.2, 0.25) is 0 Å². The second-order valence-corrected chi connectivity index (χ2v) is 3.01. The van der Waals surface area contributed by atoms with Crippen LogP contribution in [-0.2, 0) is 0 Å². The van der Waals surface area contributed by atoms with Crippen molar-refractivity contribution in [2.75, 3.05) is 6.54 Å². The molecule has 0 bridgehead atoms. The van der Waals surface area contributed by atoms with Gasteiger partial charge in [0.05, 0.1) is 12.2 Å². The average molecular weight is 188 g/mol. The molecule has 0 amide bonds. The standard InChI is InChI=1S/C10H12N4/c1-3-11-13-10-8(2)12-9-6-4-5-7-14(9)10/h4-7H,3H2,1-2H3. The highest BCUT2D eigenvalue weighted by atomic mass is 15.2. The van der Waals surface area contributed by atoms with Gasteiger partial charge in [0.25, 0.3) is 0 Å². The SMILES string of the molecule is CCN=Nc1c(C)nc2ccccn12. The number of azo groups is 1. The Labute approximate surface area is 82.3 Å². The highest BCUT2D eigenvalue weighted by Crippen LogP contribution is 2.20. The van der Waals surface area contributed by atoms with Gasteiger partial charge in [-0.2, -0.15) is 5.11 Å². The van der Waals surface area contributed by atoms with Crippen LogP contribution in [-0.4, -0.2) is 15.9 Å². The van der Waals surface area contributed by atoms with E-state index in [1.807, 2.05) is 42.6 Å². The molecule has 0 aliphatic heterocycles. The number of aryl methyl sites for hydroxylation is 1. The molecule has 72 valence electrons. The lowest BCUT2D eigenvalue weighted by Gasteiger charge is -1.93. The number of hydrogen-bond donors (Lipinski definition) is 0. The molecule has 2 aromatic heterocycles. The van der Waals surface area contributed by atoms with Crippen LogP contribution in [0.2, 0.25) is 0 Å². The van der Waals surface area contributed by atoms with E-state index < -0.39 is 0 Å². The first kappa shape index (κ1) is 8.87. The van der Waals surface area contributed by atoms with Crippen molar-refractivity contribution in [3.63, 3.8) is 0 Å². The van der Waals surface area contributed by atoms with Gasteiger partial charge in [-0.15, -0.1) is 5.11 Å². The minimum atomic E-state index is 0.694. The zero-order chi connectivity index (χ0) is 9.97. The second-order valence-electron chi connectivity index (χ2n) is 3.01. The maximum absolute atomic E-state index is 4.38. The van der Waals surface area contributed by atoms with Gasteiger partial charge >= 0.3 is 0 Å². The van der Waals surface area contributed by atoms with E-state index in [9.17, 15) is 0 Å². The Morgan fingerprint density at radius 2 is 2.29 bits per heavy atom. The Bertz CT molecular complexity index is 470. The predicted molar refractivity (Wildman–Crippen MR) is 55.0 cm³/mol. The smallest absolute Gasteiger partial charge is 0.181 e. The number of hydrogen-bond acceptors (Lipinski definition) is 3. The van der Waals surface area contributed by atoms with Gasteiger partial charge in [-0.1, -0.05) is 6.07 Å². The van der Waals surface area contributed by atoms with E-state index in [2.05, 4.69) is 15.2 Å². The summed E-state index contributed by atoms with van der Waals surface area (Å²) in [6.45, 7) is 4.60. The molecule has 0 unspecified atom stereocenters. The lowest BCUT2D eigenvalue weighted by Crippen LogP contribution is -1.81. The minimum absolute atomic E-state index is 0.694. The lowest BCUT2D eigenvalue weighted by molar-refractivity contribution is 0.973. The summed E-state index contributed by atoms with van der Waals surface area (Å²) in [5.41, 5.74) is 1.82. The molecule has 0 fully saturated rings. The third-order valence-electron chi connectivity index (χ3n) is 1.98. The van der Waals surface area contributed by atoms with Crippen LogP contribution in [0.15, 0.2) is 34.6 Å². The van der Waals surface area contributed by atoms with Gasteiger partial charge in [0.15, 0.2) is 5.82 Å². The first-order valence-electron chi connectivity index (χ1n) is 4.64. The molecule has 14 heavy (non-hydrogen) atoms. The number of aromatic nitrogens is 2. The highest BCUT2D eigenvalue weighted by Gasteiger charge is 2.05. The van der Waals surface area contributed by atoms with Gasteiger partial charge in [-0.25, -0.2) is 4.98 Å². The molecular weight excluding hydrogens is 176 g/mol. The van der Waals surface area contributed by atoms with Gasteiger partial charge in [-0.05, 0) is 26.0 Å². The monoisotopic (exact) mass is 188 g/mol. The zero-order valence-electron chi connectivity index (χ0n) is 8.31. The molecule has 4 heteroatoms. The van der Waals surface area contributed by atoms with Crippen molar-refractivity contribution in [1.29, 1.82) is 0 Å². The van der Waals surface area contributed by atoms with Crippen molar-refractivity contribution in [3.05, 3.63) is 30.1 Å². The first-order valence-corrected chi connectivity index (χ1v) is 4.64. The molecule has 0 radical (unpaired) electrons. The Morgan fingerprint density at radius 3 is 3.07 bits per heavy atom. The fourth-order valence-electron chi connectivity index (χ4n) is 1.36. The molecule has 0 spiro atoms. The van der Waals surface area contributed by atoms with Crippen LogP contribution in [0.4, 0.5) is 5.82 Å². The van der Waals surface area contributed by atoms with E-state index in [-0.39, 0.29) is 0 Å². The third kappa shape index (κ3) is 1.39. The molecule has 0 aliphatic carbocycles. The molecule has 0 saturated heterocycles. The van der Waals surface area contributed by atoms with Crippen molar-refractivity contribution in [3.8, 4) is 0 Å². The quantitative estimate of drug-likeness (QED) is 0.668. The van der Waals surface area contributed by atoms with Gasteiger partial charge in [-0.3, -0.25) is 4.40 Å². The second kappa shape index (κ2) is 3.57. The van der Waals surface area contributed by atoms with E-state index in [4.69, 9.17) is 0 Å². The van der Waals surface area contributed by atoms with Crippen LogP contribution in [0.3, 0.4) is 0 Å². The van der Waals surface area contributed by atoms with E-state index in [0.717, 1.165) is 17.2 Å². The number of pyridine rings is 1. The van der Waals surface area contributed by atoms with Crippen LogP contribution < -0.4 is 0 Å². The summed E-state index contributed by atoms with van der Waals surface area (Å²) in [4.78, 5) is 4.38. The highest BCUT2D eigenvalue weighted by molar-refractivity contribution is 5.51. The average Bonchev–Trinajstić information content (AvgIpc) is 2.51. The summed E-state index contributed by atoms with van der Waals surface area (Å²) in [6, 6.07) is 5.87. The molecule has 2 aromatic rings. The van der Waals surface area contributed by atoms with Crippen molar-refractivity contribution >= 4 is 11.5 Å². The molecule has 0 aromatic carbocycles. The molecule has 0 saturated carbocycles. The number of nitrogens with zero attached hydrogens (tertiary/aromatic N) is 4. The summed E-state index contributed by atoms with van der Waals surface area (Å²) >= 11 is 0. The Balaban J connectivity index is 2.62. The predicted octanol–water partition coefficient (Wildman–Crippen LogP) is 2.75. The molecule has 0 aliphatic rings. The number of imidazole rings is 1. The van der Waals surface area contributed by atoms with Crippen molar-refractivity contribution < 1.29 is 0 Å². The molecule has 2 heterocycles. The first-order chi connectivity index (χ1) is 6.83. The number of rotatable bonds is 2. The normalized spacial score (nSPS) is 11.6. The third-order valence-corrected chi connectivity index (χ3v) is 1.98. The fourth-order valence-corrected chi connectivity index (χ4v) is 1.36.